The molecular weight excluding hydrogens is 148 g/mol. The molecule has 0 atom stereocenters. The lowest BCUT2D eigenvalue weighted by Gasteiger charge is -2.35. The zero-order valence-corrected chi connectivity index (χ0v) is 6.38. The molecule has 1 aliphatic carbocycles. The first-order valence-corrected chi connectivity index (χ1v) is 4.05. The van der Waals surface area contributed by atoms with E-state index in [0.717, 1.165) is 12.8 Å². The fraction of sp³-hybridized carbons (Fsp3) is 1.00. The van der Waals surface area contributed by atoms with E-state index in [9.17, 15) is 0 Å². The molecule has 0 radical (unpaired) electrons. The molecule has 2 rings (SSSR count). The third-order valence-electron chi connectivity index (χ3n) is 2.37. The Balaban J connectivity index is 1.94. The summed E-state index contributed by atoms with van der Waals surface area (Å²) in [5, 5.41) is 8.52. The lowest BCUT2D eigenvalue weighted by molar-refractivity contribution is -0.691. The van der Waals surface area contributed by atoms with Gasteiger partial charge in [0.05, 0.1) is 0 Å². The van der Waals surface area contributed by atoms with Gasteiger partial charge in [0.2, 0.25) is 0 Å². The Morgan fingerprint density at radius 3 is 2.36 bits per heavy atom. The third-order valence-corrected chi connectivity index (χ3v) is 2.37. The Labute approximate surface area is 65.2 Å². The first kappa shape index (κ1) is 7.49. The predicted molar refractivity (Wildman–Crippen MR) is 35.0 cm³/mol. The fourth-order valence-corrected chi connectivity index (χ4v) is 1.68. The van der Waals surface area contributed by atoms with E-state index in [0.29, 0.717) is 6.61 Å². The second-order valence-electron chi connectivity index (χ2n) is 3.23. The molecule has 2 fully saturated rings. The summed E-state index contributed by atoms with van der Waals surface area (Å²) in [7, 11) is 0. The Hall–Kier alpha value is -0.160. The number of rotatable bonds is 0. The number of hydrogen-bond donors (Lipinski definition) is 0. The van der Waals surface area contributed by atoms with Crippen LogP contribution in [0.3, 0.4) is 0 Å². The van der Waals surface area contributed by atoms with E-state index in [1.165, 1.54) is 19.3 Å². The number of hydrogen-bond acceptors (Lipinski definition) is 4. The normalized spacial score (nSPS) is 30.5. The van der Waals surface area contributed by atoms with Crippen LogP contribution in [-0.2, 0) is 19.9 Å². The standard InChI is InChI=1S/C7H12O4/c1-2-4-7(5-3-1)6-8-10-11-9-7/h1-6H2. The SMILES string of the molecule is C1CCC2(CC1)COOOO2. The van der Waals surface area contributed by atoms with E-state index in [-0.39, 0.29) is 5.60 Å². The van der Waals surface area contributed by atoms with Crippen molar-refractivity contribution in [3.05, 3.63) is 0 Å². The van der Waals surface area contributed by atoms with Gasteiger partial charge in [0.25, 0.3) is 0 Å². The van der Waals surface area contributed by atoms with Crippen molar-refractivity contribution in [3.63, 3.8) is 0 Å². The third kappa shape index (κ3) is 1.54. The van der Waals surface area contributed by atoms with Gasteiger partial charge in [-0.3, -0.25) is 0 Å². The van der Waals surface area contributed by atoms with Crippen LogP contribution in [0, 0.1) is 0 Å². The van der Waals surface area contributed by atoms with Crippen LogP contribution >= 0.6 is 0 Å². The van der Waals surface area contributed by atoms with E-state index in [1.54, 1.807) is 0 Å². The van der Waals surface area contributed by atoms with Crippen molar-refractivity contribution in [1.82, 2.24) is 0 Å². The summed E-state index contributed by atoms with van der Waals surface area (Å²) >= 11 is 0. The van der Waals surface area contributed by atoms with Crippen molar-refractivity contribution in [3.8, 4) is 0 Å². The molecule has 0 aromatic heterocycles. The highest BCUT2D eigenvalue weighted by atomic mass is 17.7. The summed E-state index contributed by atoms with van der Waals surface area (Å²) in [5.74, 6) is 0. The van der Waals surface area contributed by atoms with Crippen LogP contribution in [0.25, 0.3) is 0 Å². The maximum atomic E-state index is 5.06. The lowest BCUT2D eigenvalue weighted by Crippen LogP contribution is -2.43. The summed E-state index contributed by atoms with van der Waals surface area (Å²) in [6.07, 6.45) is 5.68. The van der Waals surface area contributed by atoms with Crippen molar-refractivity contribution < 1.29 is 19.9 Å². The molecule has 1 spiro atoms. The summed E-state index contributed by atoms with van der Waals surface area (Å²) < 4.78 is 0. The zero-order valence-electron chi connectivity index (χ0n) is 6.38. The average molecular weight is 160 g/mol. The molecule has 0 aromatic carbocycles. The van der Waals surface area contributed by atoms with Crippen LogP contribution in [0.15, 0.2) is 0 Å². The van der Waals surface area contributed by atoms with Gasteiger partial charge in [-0.15, -0.1) is 0 Å². The molecular formula is C7H12O4. The minimum Gasteiger partial charge on any atom is -0.201 e. The van der Waals surface area contributed by atoms with Crippen molar-refractivity contribution in [2.24, 2.45) is 0 Å². The highest BCUT2D eigenvalue weighted by Gasteiger charge is 2.38. The monoisotopic (exact) mass is 160 g/mol. The van der Waals surface area contributed by atoms with Crippen molar-refractivity contribution >= 4 is 0 Å². The zero-order chi connectivity index (χ0) is 7.57. The summed E-state index contributed by atoms with van der Waals surface area (Å²) in [5.41, 5.74) is -0.212. The summed E-state index contributed by atoms with van der Waals surface area (Å²) in [4.78, 5) is 9.77. The fourth-order valence-electron chi connectivity index (χ4n) is 1.68. The van der Waals surface area contributed by atoms with E-state index in [4.69, 9.17) is 9.78 Å². The Kier molecular flexibility index (Phi) is 2.09. The van der Waals surface area contributed by atoms with Crippen LogP contribution in [0.1, 0.15) is 32.1 Å². The van der Waals surface area contributed by atoms with E-state index in [1.807, 2.05) is 0 Å². The molecule has 2 aliphatic rings. The van der Waals surface area contributed by atoms with Gasteiger partial charge < -0.3 is 0 Å². The van der Waals surface area contributed by atoms with Gasteiger partial charge in [0.1, 0.15) is 12.2 Å². The Morgan fingerprint density at radius 2 is 1.73 bits per heavy atom. The van der Waals surface area contributed by atoms with Crippen molar-refractivity contribution in [1.29, 1.82) is 0 Å². The molecule has 11 heavy (non-hydrogen) atoms. The summed E-state index contributed by atoms with van der Waals surface area (Å²) in [6.45, 7) is 0.493. The van der Waals surface area contributed by atoms with Gasteiger partial charge in [-0.25, -0.2) is 4.89 Å². The molecule has 4 nitrogen and oxygen atoms in total. The van der Waals surface area contributed by atoms with Crippen LogP contribution in [0.4, 0.5) is 0 Å². The van der Waals surface area contributed by atoms with Crippen LogP contribution in [-0.4, -0.2) is 12.2 Å². The van der Waals surface area contributed by atoms with Gasteiger partial charge in [0.15, 0.2) is 0 Å². The largest absolute Gasteiger partial charge is 0.201 e. The molecule has 1 saturated heterocycles. The van der Waals surface area contributed by atoms with Crippen LogP contribution in [0.2, 0.25) is 0 Å². The first-order valence-electron chi connectivity index (χ1n) is 4.05. The molecule has 0 aromatic rings. The highest BCUT2D eigenvalue weighted by Crippen LogP contribution is 2.33. The van der Waals surface area contributed by atoms with Crippen molar-refractivity contribution in [2.75, 3.05) is 6.61 Å². The molecule has 4 heteroatoms. The molecule has 0 amide bonds. The van der Waals surface area contributed by atoms with Gasteiger partial charge in [-0.2, -0.15) is 4.89 Å². The first-order chi connectivity index (χ1) is 5.41. The molecule has 64 valence electrons. The lowest BCUT2D eigenvalue weighted by atomic mass is 9.85. The predicted octanol–water partition coefficient (Wildman–Crippen LogP) is 1.51. The topological polar surface area (TPSA) is 36.9 Å². The molecule has 0 bridgehead atoms. The smallest absolute Gasteiger partial charge is 0.133 e. The second-order valence-corrected chi connectivity index (χ2v) is 3.23. The Morgan fingerprint density at radius 1 is 0.909 bits per heavy atom. The molecule has 1 aliphatic heterocycles. The van der Waals surface area contributed by atoms with Gasteiger partial charge >= 0.3 is 0 Å². The highest BCUT2D eigenvalue weighted by molar-refractivity contribution is 4.82. The quantitative estimate of drug-likeness (QED) is 0.503. The van der Waals surface area contributed by atoms with Gasteiger partial charge in [0, 0.05) is 0 Å². The maximum Gasteiger partial charge on any atom is 0.133 e. The van der Waals surface area contributed by atoms with Gasteiger partial charge in [-0.1, -0.05) is 19.3 Å². The minimum atomic E-state index is -0.212. The second kappa shape index (κ2) is 3.06. The van der Waals surface area contributed by atoms with E-state index in [2.05, 4.69) is 10.1 Å². The van der Waals surface area contributed by atoms with E-state index >= 15 is 0 Å². The molecule has 1 heterocycles. The van der Waals surface area contributed by atoms with Crippen LogP contribution in [0.5, 0.6) is 0 Å². The maximum absolute atomic E-state index is 5.06. The molecule has 1 saturated carbocycles. The minimum absolute atomic E-state index is 0.212. The average Bonchev–Trinajstić information content (AvgIpc) is 2.07. The van der Waals surface area contributed by atoms with E-state index < -0.39 is 0 Å². The molecule has 0 N–H and O–H groups in total. The molecule has 0 unspecified atom stereocenters. The Bertz CT molecular complexity index is 105. The van der Waals surface area contributed by atoms with Crippen LogP contribution < -0.4 is 0 Å². The van der Waals surface area contributed by atoms with Crippen molar-refractivity contribution in [2.45, 2.75) is 37.7 Å². The van der Waals surface area contributed by atoms with Gasteiger partial charge in [-0.05, 0) is 22.9 Å². The summed E-state index contributed by atoms with van der Waals surface area (Å²) in [6, 6.07) is 0.